The van der Waals surface area contributed by atoms with E-state index in [1.165, 1.54) is 18.6 Å². The average molecular weight is 317 g/mol. The molecule has 120 valence electrons. The molecule has 0 atom stereocenters. The highest BCUT2D eigenvalue weighted by Crippen LogP contribution is 2.28. The summed E-state index contributed by atoms with van der Waals surface area (Å²) < 4.78 is 0. The third-order valence-corrected chi connectivity index (χ3v) is 2.74. The number of amides is 1. The number of carbonyl (C=O) groups excluding carboxylic acids is 1. The van der Waals surface area contributed by atoms with Gasteiger partial charge in [0.05, 0.1) is 4.92 Å². The molecule has 23 heavy (non-hydrogen) atoms. The quantitative estimate of drug-likeness (QED) is 0.514. The summed E-state index contributed by atoms with van der Waals surface area (Å²) in [5.74, 6) is -0.573. The zero-order valence-corrected chi connectivity index (χ0v) is 12.3. The summed E-state index contributed by atoms with van der Waals surface area (Å²) in [5, 5.41) is 14.1. The lowest BCUT2D eigenvalue weighted by Gasteiger charge is -2.10. The molecule has 0 aliphatic carbocycles. The molecule has 1 amide bonds. The van der Waals surface area contributed by atoms with Crippen LogP contribution < -0.4 is 16.2 Å². The van der Waals surface area contributed by atoms with Crippen LogP contribution in [-0.2, 0) is 0 Å². The Kier molecular flexibility index (Phi) is 5.34. The van der Waals surface area contributed by atoms with Gasteiger partial charge in [0, 0.05) is 12.7 Å². The summed E-state index contributed by atoms with van der Waals surface area (Å²) in [6.07, 6.45) is 3.41. The van der Waals surface area contributed by atoms with E-state index < -0.39 is 10.8 Å². The Morgan fingerprint density at radius 2 is 2.04 bits per heavy atom. The molecule has 0 aliphatic rings. The standard InChI is InChI=1S/C13H15N7O3/c1-2-6-15-11-10(20(22)23)12(17-8-16-11)18-19-13(21)9-5-3-4-7-14-9/h3-5,7-8H,2,6H2,1H3,(H,19,21)(H2,15,16,17,18). The second-order valence-electron chi connectivity index (χ2n) is 4.40. The van der Waals surface area contributed by atoms with Gasteiger partial charge >= 0.3 is 5.69 Å². The number of rotatable bonds is 7. The van der Waals surface area contributed by atoms with Crippen LogP contribution in [0.25, 0.3) is 0 Å². The highest BCUT2D eigenvalue weighted by Gasteiger charge is 2.23. The minimum absolute atomic E-state index is 0.0847. The van der Waals surface area contributed by atoms with Gasteiger partial charge in [0.1, 0.15) is 12.0 Å². The molecule has 2 aromatic rings. The zero-order valence-electron chi connectivity index (χ0n) is 12.3. The molecule has 2 rings (SSSR count). The molecule has 0 saturated carbocycles. The Morgan fingerprint density at radius 3 is 2.70 bits per heavy atom. The first-order valence-electron chi connectivity index (χ1n) is 6.84. The van der Waals surface area contributed by atoms with Crippen LogP contribution in [-0.4, -0.2) is 32.3 Å². The van der Waals surface area contributed by atoms with Crippen molar-refractivity contribution >= 4 is 23.2 Å². The molecule has 0 saturated heterocycles. The van der Waals surface area contributed by atoms with Gasteiger partial charge in [-0.3, -0.25) is 30.7 Å². The molecule has 0 aromatic carbocycles. The number of hydrogen-bond acceptors (Lipinski definition) is 8. The highest BCUT2D eigenvalue weighted by molar-refractivity contribution is 5.93. The Balaban J connectivity index is 2.16. The Labute approximate surface area is 131 Å². The van der Waals surface area contributed by atoms with Crippen molar-refractivity contribution in [1.29, 1.82) is 0 Å². The SMILES string of the molecule is CCCNc1ncnc(NNC(=O)c2ccccn2)c1[N+](=O)[O-]. The Bertz CT molecular complexity index is 693. The van der Waals surface area contributed by atoms with Gasteiger partial charge in [-0.1, -0.05) is 13.0 Å². The lowest BCUT2D eigenvalue weighted by molar-refractivity contribution is -0.383. The number of nitrogens with zero attached hydrogens (tertiary/aromatic N) is 4. The van der Waals surface area contributed by atoms with Gasteiger partial charge in [-0.05, 0) is 18.6 Å². The zero-order chi connectivity index (χ0) is 16.7. The van der Waals surface area contributed by atoms with E-state index in [4.69, 9.17) is 0 Å². The van der Waals surface area contributed by atoms with Crippen LogP contribution >= 0.6 is 0 Å². The van der Waals surface area contributed by atoms with Crippen LogP contribution in [0.3, 0.4) is 0 Å². The number of aromatic nitrogens is 3. The second kappa shape index (κ2) is 7.64. The Morgan fingerprint density at radius 1 is 1.26 bits per heavy atom. The van der Waals surface area contributed by atoms with Crippen LogP contribution in [0.5, 0.6) is 0 Å². The van der Waals surface area contributed by atoms with E-state index in [2.05, 4.69) is 31.1 Å². The van der Waals surface area contributed by atoms with E-state index in [1.807, 2.05) is 6.92 Å². The largest absolute Gasteiger partial charge is 0.364 e. The van der Waals surface area contributed by atoms with Gasteiger partial charge in [0.25, 0.3) is 5.91 Å². The Hall–Kier alpha value is -3.30. The minimum atomic E-state index is -0.618. The first-order valence-corrected chi connectivity index (χ1v) is 6.84. The molecule has 0 unspecified atom stereocenters. The van der Waals surface area contributed by atoms with E-state index in [1.54, 1.807) is 12.1 Å². The molecule has 3 N–H and O–H groups in total. The van der Waals surface area contributed by atoms with Gasteiger partial charge in [-0.25, -0.2) is 9.97 Å². The van der Waals surface area contributed by atoms with Gasteiger partial charge in [-0.15, -0.1) is 0 Å². The van der Waals surface area contributed by atoms with E-state index in [0.29, 0.717) is 6.54 Å². The summed E-state index contributed by atoms with van der Waals surface area (Å²) in [7, 11) is 0. The van der Waals surface area contributed by atoms with Crippen LogP contribution in [0, 0.1) is 10.1 Å². The van der Waals surface area contributed by atoms with Crippen molar-refractivity contribution < 1.29 is 9.72 Å². The molecular weight excluding hydrogens is 302 g/mol. The number of pyridine rings is 1. The lowest BCUT2D eigenvalue weighted by atomic mass is 10.3. The summed E-state index contributed by atoms with van der Waals surface area (Å²) in [6, 6.07) is 4.84. The minimum Gasteiger partial charge on any atom is -0.364 e. The maximum atomic E-state index is 11.9. The summed E-state index contributed by atoms with van der Waals surface area (Å²) in [6.45, 7) is 2.45. The maximum absolute atomic E-state index is 11.9. The molecule has 10 nitrogen and oxygen atoms in total. The first-order chi connectivity index (χ1) is 11.1. The fourth-order valence-corrected chi connectivity index (χ4v) is 1.69. The topological polar surface area (TPSA) is 135 Å². The van der Waals surface area contributed by atoms with Crippen LogP contribution in [0.2, 0.25) is 0 Å². The number of nitrogens with one attached hydrogen (secondary N) is 3. The van der Waals surface area contributed by atoms with Crippen molar-refractivity contribution in [2.45, 2.75) is 13.3 Å². The summed E-state index contributed by atoms with van der Waals surface area (Å²) >= 11 is 0. The first kappa shape index (κ1) is 16.1. The van der Waals surface area contributed by atoms with Gasteiger partial charge in [-0.2, -0.15) is 0 Å². The van der Waals surface area contributed by atoms with Crippen LogP contribution in [0.4, 0.5) is 17.3 Å². The highest BCUT2D eigenvalue weighted by atomic mass is 16.6. The van der Waals surface area contributed by atoms with Crippen molar-refractivity contribution in [1.82, 2.24) is 20.4 Å². The van der Waals surface area contributed by atoms with Crippen molar-refractivity contribution in [3.05, 3.63) is 46.5 Å². The number of hydrazine groups is 1. The van der Waals surface area contributed by atoms with Crippen molar-refractivity contribution in [3.8, 4) is 0 Å². The lowest BCUT2D eigenvalue weighted by Crippen LogP contribution is -2.31. The predicted octanol–water partition coefficient (Wildman–Crippen LogP) is 1.36. The molecule has 0 spiro atoms. The molecule has 10 heteroatoms. The smallest absolute Gasteiger partial charge is 0.354 e. The monoisotopic (exact) mass is 317 g/mol. The molecule has 0 bridgehead atoms. The molecule has 2 aromatic heterocycles. The predicted molar refractivity (Wildman–Crippen MR) is 82.8 cm³/mol. The van der Waals surface area contributed by atoms with E-state index in [0.717, 1.165) is 6.42 Å². The van der Waals surface area contributed by atoms with Crippen molar-refractivity contribution in [2.75, 3.05) is 17.3 Å². The maximum Gasteiger partial charge on any atom is 0.354 e. The van der Waals surface area contributed by atoms with E-state index in [-0.39, 0.29) is 23.0 Å². The number of hydrogen-bond donors (Lipinski definition) is 3. The number of carbonyl (C=O) groups is 1. The van der Waals surface area contributed by atoms with Crippen molar-refractivity contribution in [2.24, 2.45) is 0 Å². The number of anilines is 2. The van der Waals surface area contributed by atoms with Crippen molar-refractivity contribution in [3.63, 3.8) is 0 Å². The van der Waals surface area contributed by atoms with Crippen LogP contribution in [0.15, 0.2) is 30.7 Å². The fourth-order valence-electron chi connectivity index (χ4n) is 1.69. The van der Waals surface area contributed by atoms with E-state index in [9.17, 15) is 14.9 Å². The molecule has 0 radical (unpaired) electrons. The molecular formula is C13H15N7O3. The summed E-state index contributed by atoms with van der Waals surface area (Å²) in [5.41, 5.74) is 4.58. The third kappa shape index (κ3) is 4.09. The molecule has 0 fully saturated rings. The van der Waals surface area contributed by atoms with E-state index >= 15 is 0 Å². The van der Waals surface area contributed by atoms with Gasteiger partial charge in [0.2, 0.25) is 11.6 Å². The summed E-state index contributed by atoms with van der Waals surface area (Å²) in [4.78, 5) is 34.0. The normalized spacial score (nSPS) is 9.96. The average Bonchev–Trinajstić information content (AvgIpc) is 2.58. The van der Waals surface area contributed by atoms with Gasteiger partial charge < -0.3 is 5.32 Å². The molecule has 2 heterocycles. The van der Waals surface area contributed by atoms with Gasteiger partial charge in [0.15, 0.2) is 0 Å². The van der Waals surface area contributed by atoms with Crippen LogP contribution in [0.1, 0.15) is 23.8 Å². The number of nitro groups is 1. The molecule has 0 aliphatic heterocycles. The second-order valence-corrected chi connectivity index (χ2v) is 4.40. The third-order valence-electron chi connectivity index (χ3n) is 2.74. The fraction of sp³-hybridized carbons (Fsp3) is 0.231.